The molecule has 0 aromatic heterocycles. The maximum atomic E-state index is 12.2. The summed E-state index contributed by atoms with van der Waals surface area (Å²) in [6, 6.07) is 3.21. The highest BCUT2D eigenvalue weighted by Crippen LogP contribution is 2.17. The second kappa shape index (κ2) is 6.02. The van der Waals surface area contributed by atoms with Gasteiger partial charge in [0, 0.05) is 0 Å². The van der Waals surface area contributed by atoms with E-state index in [-0.39, 0.29) is 4.90 Å². The lowest BCUT2D eigenvalue weighted by molar-refractivity contribution is -0.140. The summed E-state index contributed by atoms with van der Waals surface area (Å²) in [5.74, 6) is -2.36. The Morgan fingerprint density at radius 3 is 2.45 bits per heavy atom. The summed E-state index contributed by atoms with van der Waals surface area (Å²) in [6.45, 7) is 3.31. The zero-order valence-corrected chi connectivity index (χ0v) is 11.9. The molecule has 110 valence electrons. The zero-order chi connectivity index (χ0) is 15.5. The predicted molar refractivity (Wildman–Crippen MR) is 71.5 cm³/mol. The van der Waals surface area contributed by atoms with Crippen LogP contribution >= 0.6 is 0 Å². The minimum absolute atomic E-state index is 0.0202. The molecule has 0 heterocycles. The molecule has 0 aliphatic carbocycles. The van der Waals surface area contributed by atoms with Crippen molar-refractivity contribution < 1.29 is 23.1 Å². The van der Waals surface area contributed by atoms with Gasteiger partial charge in [0.15, 0.2) is 0 Å². The number of primary amides is 1. The number of carbonyl (C=O) groups is 2. The van der Waals surface area contributed by atoms with E-state index in [2.05, 4.69) is 0 Å². The highest BCUT2D eigenvalue weighted by Gasteiger charge is 2.27. The van der Waals surface area contributed by atoms with Crippen molar-refractivity contribution in [1.29, 1.82) is 0 Å². The van der Waals surface area contributed by atoms with Crippen molar-refractivity contribution in [2.24, 2.45) is 5.73 Å². The molecule has 8 heteroatoms. The van der Waals surface area contributed by atoms with E-state index in [1.54, 1.807) is 26.0 Å². The number of carboxylic acid groups (broad SMARTS) is 1. The number of nitrogens with one attached hydrogen (secondary N) is 1. The third-order valence-corrected chi connectivity index (χ3v) is 4.25. The number of hydrogen-bond donors (Lipinski definition) is 3. The van der Waals surface area contributed by atoms with E-state index in [0.29, 0.717) is 5.56 Å². The van der Waals surface area contributed by atoms with Crippen molar-refractivity contribution >= 4 is 21.9 Å². The van der Waals surface area contributed by atoms with Crippen molar-refractivity contribution in [3.05, 3.63) is 29.3 Å². The normalized spacial score (nSPS) is 12.9. The molecule has 0 fully saturated rings. The van der Waals surface area contributed by atoms with Crippen LogP contribution in [0.2, 0.25) is 0 Å². The summed E-state index contributed by atoms with van der Waals surface area (Å²) in [4.78, 5) is 21.7. The van der Waals surface area contributed by atoms with Crippen LogP contribution in [0.15, 0.2) is 23.1 Å². The molecule has 1 rings (SSSR count). The Bertz CT molecular complexity index is 639. The Labute approximate surface area is 116 Å². The first-order valence-electron chi connectivity index (χ1n) is 5.74. The van der Waals surface area contributed by atoms with Crippen molar-refractivity contribution in [1.82, 2.24) is 4.72 Å². The molecular formula is C12H16N2O5S. The zero-order valence-electron chi connectivity index (χ0n) is 11.1. The fourth-order valence-corrected chi connectivity index (χ4v) is 3.15. The lowest BCUT2D eigenvalue weighted by Gasteiger charge is -2.15. The number of nitrogens with two attached hydrogens (primary N) is 1. The van der Waals surface area contributed by atoms with Gasteiger partial charge in [-0.15, -0.1) is 0 Å². The highest BCUT2D eigenvalue weighted by atomic mass is 32.2. The van der Waals surface area contributed by atoms with Gasteiger partial charge in [-0.05, 0) is 31.0 Å². The lowest BCUT2D eigenvalue weighted by atomic mass is 10.2. The first kappa shape index (κ1) is 16.1. The number of sulfonamides is 1. The van der Waals surface area contributed by atoms with Gasteiger partial charge in [0.25, 0.3) is 0 Å². The molecule has 1 atom stereocenters. The Hall–Kier alpha value is -1.93. The third-order valence-electron chi connectivity index (χ3n) is 2.63. The summed E-state index contributed by atoms with van der Waals surface area (Å²) < 4.78 is 26.3. The first-order valence-corrected chi connectivity index (χ1v) is 7.22. The van der Waals surface area contributed by atoms with Crippen molar-refractivity contribution in [3.8, 4) is 0 Å². The van der Waals surface area contributed by atoms with E-state index >= 15 is 0 Å². The molecule has 0 aliphatic heterocycles. The highest BCUT2D eigenvalue weighted by molar-refractivity contribution is 7.89. The number of hydrogen-bond acceptors (Lipinski definition) is 4. The van der Waals surface area contributed by atoms with Crippen LogP contribution in [0.25, 0.3) is 0 Å². The summed E-state index contributed by atoms with van der Waals surface area (Å²) in [6.07, 6.45) is -0.612. The van der Waals surface area contributed by atoms with Crippen LogP contribution in [-0.2, 0) is 19.6 Å². The first-order chi connectivity index (χ1) is 9.13. The number of carbonyl (C=O) groups excluding carboxylic acids is 1. The van der Waals surface area contributed by atoms with Gasteiger partial charge in [0.1, 0.15) is 6.04 Å². The molecule has 1 aromatic rings. The van der Waals surface area contributed by atoms with Gasteiger partial charge < -0.3 is 10.8 Å². The molecule has 0 radical (unpaired) electrons. The van der Waals surface area contributed by atoms with E-state index in [1.165, 1.54) is 6.07 Å². The minimum atomic E-state index is -4.04. The smallest absolute Gasteiger partial charge is 0.322 e. The van der Waals surface area contributed by atoms with Gasteiger partial charge >= 0.3 is 5.97 Å². The fourth-order valence-electron chi connectivity index (χ4n) is 1.63. The maximum Gasteiger partial charge on any atom is 0.322 e. The topological polar surface area (TPSA) is 127 Å². The molecular weight excluding hydrogens is 284 g/mol. The Kier molecular flexibility index (Phi) is 4.85. The monoisotopic (exact) mass is 300 g/mol. The van der Waals surface area contributed by atoms with Gasteiger partial charge in [-0.1, -0.05) is 12.1 Å². The number of benzene rings is 1. The minimum Gasteiger partial charge on any atom is -0.480 e. The quantitative estimate of drug-likeness (QED) is 0.676. The molecule has 0 aliphatic rings. The number of aryl methyl sites for hydroxylation is 2. The van der Waals surface area contributed by atoms with Gasteiger partial charge in [0.2, 0.25) is 15.9 Å². The average Bonchev–Trinajstić information content (AvgIpc) is 2.30. The van der Waals surface area contributed by atoms with Gasteiger partial charge in [-0.3, -0.25) is 9.59 Å². The van der Waals surface area contributed by atoms with Crippen LogP contribution in [-0.4, -0.2) is 31.4 Å². The largest absolute Gasteiger partial charge is 0.480 e. The summed E-state index contributed by atoms with van der Waals surface area (Å²) >= 11 is 0. The molecule has 1 amide bonds. The Morgan fingerprint density at radius 1 is 1.35 bits per heavy atom. The van der Waals surface area contributed by atoms with E-state index in [0.717, 1.165) is 5.56 Å². The van der Waals surface area contributed by atoms with Gasteiger partial charge in [-0.2, -0.15) is 4.72 Å². The fraction of sp³-hybridized carbons (Fsp3) is 0.333. The summed E-state index contributed by atoms with van der Waals surface area (Å²) in [5.41, 5.74) is 6.10. The van der Waals surface area contributed by atoms with Crippen molar-refractivity contribution in [3.63, 3.8) is 0 Å². The van der Waals surface area contributed by atoms with E-state index < -0.39 is 34.4 Å². The SMILES string of the molecule is Cc1ccc(C)c(S(=O)(=O)N[C@@H](CC(N)=O)C(=O)O)c1. The van der Waals surface area contributed by atoms with Crippen LogP contribution < -0.4 is 10.5 Å². The van der Waals surface area contributed by atoms with Gasteiger partial charge in [0.05, 0.1) is 11.3 Å². The molecule has 0 spiro atoms. The molecule has 0 unspecified atom stereocenters. The molecule has 1 aromatic carbocycles. The Balaban J connectivity index is 3.12. The maximum absolute atomic E-state index is 12.2. The van der Waals surface area contributed by atoms with Crippen molar-refractivity contribution in [2.75, 3.05) is 0 Å². The molecule has 0 bridgehead atoms. The van der Waals surface area contributed by atoms with Crippen molar-refractivity contribution in [2.45, 2.75) is 31.2 Å². The van der Waals surface area contributed by atoms with Crippen LogP contribution in [0, 0.1) is 13.8 Å². The van der Waals surface area contributed by atoms with Crippen LogP contribution in [0.1, 0.15) is 17.5 Å². The summed E-state index contributed by atoms with van der Waals surface area (Å²) in [7, 11) is -4.04. The third kappa shape index (κ3) is 4.04. The summed E-state index contributed by atoms with van der Waals surface area (Å²) in [5, 5.41) is 8.92. The van der Waals surface area contributed by atoms with E-state index in [9.17, 15) is 18.0 Å². The second-order valence-electron chi connectivity index (χ2n) is 4.45. The molecule has 4 N–H and O–H groups in total. The molecule has 7 nitrogen and oxygen atoms in total. The number of aliphatic carboxylic acids is 1. The Morgan fingerprint density at radius 2 is 1.95 bits per heavy atom. The van der Waals surface area contributed by atoms with E-state index in [1.807, 2.05) is 4.72 Å². The van der Waals surface area contributed by atoms with Crippen LogP contribution in [0.3, 0.4) is 0 Å². The van der Waals surface area contributed by atoms with E-state index in [4.69, 9.17) is 10.8 Å². The van der Waals surface area contributed by atoms with Crippen LogP contribution in [0.4, 0.5) is 0 Å². The molecule has 0 saturated carbocycles. The average molecular weight is 300 g/mol. The number of carboxylic acids is 1. The lowest BCUT2D eigenvalue weighted by Crippen LogP contribution is -2.43. The number of amides is 1. The standard InChI is InChI=1S/C12H16N2O5S/c1-7-3-4-8(2)10(5-7)20(18,19)14-9(12(16)17)6-11(13)15/h3-5,9,14H,6H2,1-2H3,(H2,13,15)(H,16,17)/t9-/m0/s1. The second-order valence-corrected chi connectivity index (χ2v) is 6.13. The predicted octanol–water partition coefficient (Wildman–Crippen LogP) is -0.0897. The number of rotatable bonds is 6. The molecule has 20 heavy (non-hydrogen) atoms. The van der Waals surface area contributed by atoms with Crippen LogP contribution in [0.5, 0.6) is 0 Å². The van der Waals surface area contributed by atoms with Gasteiger partial charge in [-0.25, -0.2) is 8.42 Å². The molecule has 0 saturated heterocycles.